The van der Waals surface area contributed by atoms with Crippen molar-refractivity contribution in [3.05, 3.63) is 57.6 Å². The third kappa shape index (κ3) is 1.92. The monoisotopic (exact) mass is 314 g/mol. The Morgan fingerprint density at radius 3 is 2.60 bits per heavy atom. The van der Waals surface area contributed by atoms with Crippen LogP contribution in [0.1, 0.15) is 0 Å². The van der Waals surface area contributed by atoms with Crippen LogP contribution in [0.2, 0.25) is 5.02 Å². The number of H-pyrrole nitrogens is 1. The molecule has 0 aliphatic rings. The molecule has 0 unspecified atom stereocenters. The van der Waals surface area contributed by atoms with Gasteiger partial charge in [-0.05, 0) is 30.4 Å². The van der Waals surface area contributed by atoms with E-state index in [0.29, 0.717) is 11.0 Å². The maximum Gasteiger partial charge on any atom is 0.182 e. The van der Waals surface area contributed by atoms with Crippen molar-refractivity contribution in [2.45, 2.75) is 0 Å². The fourth-order valence-electron chi connectivity index (χ4n) is 2.01. The van der Waals surface area contributed by atoms with Gasteiger partial charge < -0.3 is 4.98 Å². The largest absolute Gasteiger partial charge is 0.330 e. The second-order valence-corrected chi connectivity index (χ2v) is 4.92. The summed E-state index contributed by atoms with van der Waals surface area (Å²) in [6.45, 7) is 0. The Morgan fingerprint density at radius 2 is 1.85 bits per heavy atom. The highest BCUT2D eigenvalue weighted by molar-refractivity contribution is 7.71. The van der Waals surface area contributed by atoms with Crippen molar-refractivity contribution in [2.75, 3.05) is 0 Å². The minimum absolute atomic E-state index is 0.0658. The molecule has 0 saturated heterocycles. The van der Waals surface area contributed by atoms with Crippen LogP contribution in [0.4, 0.5) is 13.2 Å². The summed E-state index contributed by atoms with van der Waals surface area (Å²) in [5.41, 5.74) is 0.649. The number of aromatic amines is 1. The van der Waals surface area contributed by atoms with Crippen LogP contribution in [0.5, 0.6) is 0 Å². The highest BCUT2D eigenvalue weighted by atomic mass is 35.5. The number of aromatic nitrogens is 2. The molecule has 0 aliphatic heterocycles. The highest BCUT2D eigenvalue weighted by Crippen LogP contribution is 2.27. The SMILES string of the molecule is Fc1cc2[nH]c(=S)n(-c3cccc(F)c3F)c2cc1Cl. The second kappa shape index (κ2) is 4.64. The van der Waals surface area contributed by atoms with Crippen molar-refractivity contribution < 1.29 is 13.2 Å². The molecule has 1 aromatic heterocycles. The summed E-state index contributed by atoms with van der Waals surface area (Å²) in [7, 11) is 0. The Morgan fingerprint density at radius 1 is 1.10 bits per heavy atom. The third-order valence-corrected chi connectivity index (χ3v) is 3.47. The van der Waals surface area contributed by atoms with Crippen molar-refractivity contribution in [3.63, 3.8) is 0 Å². The van der Waals surface area contributed by atoms with Gasteiger partial charge in [-0.2, -0.15) is 0 Å². The molecule has 3 aromatic rings. The van der Waals surface area contributed by atoms with Gasteiger partial charge in [0, 0.05) is 6.07 Å². The standard InChI is InChI=1S/C13H6ClF3N2S/c14-6-4-11-9(5-8(6)16)18-13(20)19(11)10-3-1-2-7(15)12(10)17/h1-5H,(H,18,20). The molecule has 7 heteroatoms. The molecule has 1 N–H and O–H groups in total. The van der Waals surface area contributed by atoms with E-state index in [9.17, 15) is 13.2 Å². The molecule has 102 valence electrons. The van der Waals surface area contributed by atoms with Crippen LogP contribution in [-0.2, 0) is 0 Å². The van der Waals surface area contributed by atoms with Gasteiger partial charge in [-0.1, -0.05) is 17.7 Å². The van der Waals surface area contributed by atoms with E-state index in [0.717, 1.165) is 12.1 Å². The Hall–Kier alpha value is -1.79. The molecule has 0 atom stereocenters. The van der Waals surface area contributed by atoms with Gasteiger partial charge in [-0.15, -0.1) is 0 Å². The zero-order valence-electron chi connectivity index (χ0n) is 9.75. The van der Waals surface area contributed by atoms with Crippen molar-refractivity contribution in [2.24, 2.45) is 0 Å². The molecule has 2 aromatic carbocycles. The quantitative estimate of drug-likeness (QED) is 0.642. The van der Waals surface area contributed by atoms with Gasteiger partial charge in [0.05, 0.1) is 21.7 Å². The molecular weight excluding hydrogens is 309 g/mol. The Labute approximate surface area is 121 Å². The fourth-order valence-corrected chi connectivity index (χ4v) is 2.47. The Kier molecular flexibility index (Phi) is 3.07. The van der Waals surface area contributed by atoms with Gasteiger partial charge in [-0.25, -0.2) is 13.2 Å². The van der Waals surface area contributed by atoms with E-state index < -0.39 is 17.5 Å². The summed E-state index contributed by atoms with van der Waals surface area (Å²) in [6.07, 6.45) is 0. The van der Waals surface area contributed by atoms with E-state index in [4.69, 9.17) is 23.8 Å². The van der Waals surface area contributed by atoms with E-state index in [1.54, 1.807) is 0 Å². The number of nitrogens with one attached hydrogen (secondary N) is 1. The summed E-state index contributed by atoms with van der Waals surface area (Å²) in [4.78, 5) is 2.73. The summed E-state index contributed by atoms with van der Waals surface area (Å²) >= 11 is 10.8. The highest BCUT2D eigenvalue weighted by Gasteiger charge is 2.15. The van der Waals surface area contributed by atoms with Crippen molar-refractivity contribution in [1.29, 1.82) is 0 Å². The molecule has 0 amide bonds. The topological polar surface area (TPSA) is 20.7 Å². The van der Waals surface area contributed by atoms with E-state index in [-0.39, 0.29) is 15.5 Å². The van der Waals surface area contributed by atoms with Crippen LogP contribution in [-0.4, -0.2) is 9.55 Å². The van der Waals surface area contributed by atoms with E-state index in [1.807, 2.05) is 0 Å². The van der Waals surface area contributed by atoms with Crippen molar-refractivity contribution in [3.8, 4) is 5.69 Å². The minimum Gasteiger partial charge on any atom is -0.330 e. The van der Waals surface area contributed by atoms with Crippen LogP contribution >= 0.6 is 23.8 Å². The number of hydrogen-bond donors (Lipinski definition) is 1. The van der Waals surface area contributed by atoms with Crippen LogP contribution in [0, 0.1) is 22.2 Å². The molecule has 2 nitrogen and oxygen atoms in total. The number of nitrogens with zero attached hydrogens (tertiary/aromatic N) is 1. The van der Waals surface area contributed by atoms with Gasteiger partial charge in [0.15, 0.2) is 16.4 Å². The van der Waals surface area contributed by atoms with E-state index >= 15 is 0 Å². The minimum atomic E-state index is -1.04. The molecule has 0 aliphatic carbocycles. The number of imidazole rings is 1. The van der Waals surface area contributed by atoms with Gasteiger partial charge in [-0.3, -0.25) is 4.57 Å². The number of rotatable bonds is 1. The predicted molar refractivity (Wildman–Crippen MR) is 73.3 cm³/mol. The lowest BCUT2D eigenvalue weighted by Gasteiger charge is -2.06. The molecule has 0 bridgehead atoms. The molecule has 0 saturated carbocycles. The summed E-state index contributed by atoms with van der Waals surface area (Å²) in [6, 6.07) is 6.20. The van der Waals surface area contributed by atoms with Crippen LogP contribution in [0.3, 0.4) is 0 Å². The predicted octanol–water partition coefficient (Wildman–Crippen LogP) is 4.76. The first-order valence-corrected chi connectivity index (χ1v) is 6.32. The number of hydrogen-bond acceptors (Lipinski definition) is 1. The molecule has 20 heavy (non-hydrogen) atoms. The number of fused-ring (bicyclic) bond motifs is 1. The van der Waals surface area contributed by atoms with Crippen LogP contribution < -0.4 is 0 Å². The molecule has 0 fully saturated rings. The maximum absolute atomic E-state index is 13.9. The van der Waals surface area contributed by atoms with Gasteiger partial charge in [0.1, 0.15) is 5.82 Å². The molecule has 3 rings (SSSR count). The Balaban J connectivity index is 2.42. The number of halogens is 4. The average Bonchev–Trinajstić information content (AvgIpc) is 2.69. The zero-order chi connectivity index (χ0) is 14.4. The first-order chi connectivity index (χ1) is 9.49. The van der Waals surface area contributed by atoms with Gasteiger partial charge in [0.2, 0.25) is 0 Å². The first-order valence-electron chi connectivity index (χ1n) is 5.53. The van der Waals surface area contributed by atoms with Crippen LogP contribution in [0.25, 0.3) is 16.7 Å². The lowest BCUT2D eigenvalue weighted by Crippen LogP contribution is -2.00. The molecule has 0 spiro atoms. The lowest BCUT2D eigenvalue weighted by molar-refractivity contribution is 0.504. The van der Waals surface area contributed by atoms with Gasteiger partial charge in [0.25, 0.3) is 0 Å². The smallest absolute Gasteiger partial charge is 0.182 e. The summed E-state index contributed by atoms with van der Waals surface area (Å²) in [5.74, 6) is -2.65. The van der Waals surface area contributed by atoms with E-state index in [2.05, 4.69) is 4.98 Å². The second-order valence-electron chi connectivity index (χ2n) is 4.12. The normalized spacial score (nSPS) is 11.2. The van der Waals surface area contributed by atoms with Crippen LogP contribution in [0.15, 0.2) is 30.3 Å². The number of benzene rings is 2. The fraction of sp³-hybridized carbons (Fsp3) is 0. The molecule has 0 radical (unpaired) electrons. The summed E-state index contributed by atoms with van der Waals surface area (Å²) in [5, 5.41) is -0.128. The zero-order valence-corrected chi connectivity index (χ0v) is 11.3. The first kappa shape index (κ1) is 13.2. The Bertz CT molecular complexity index is 885. The van der Waals surface area contributed by atoms with Gasteiger partial charge >= 0.3 is 0 Å². The van der Waals surface area contributed by atoms with Crippen molar-refractivity contribution in [1.82, 2.24) is 9.55 Å². The molecule has 1 heterocycles. The van der Waals surface area contributed by atoms with Crippen molar-refractivity contribution >= 4 is 34.9 Å². The van der Waals surface area contributed by atoms with E-state index in [1.165, 1.54) is 22.8 Å². The average molecular weight is 315 g/mol. The lowest BCUT2D eigenvalue weighted by atomic mass is 10.2. The summed E-state index contributed by atoms with van der Waals surface area (Å²) < 4.78 is 42.0. The molecular formula is C13H6ClF3N2S. The third-order valence-electron chi connectivity index (χ3n) is 2.90. The maximum atomic E-state index is 13.9.